The molecule has 2 rings (SSSR count). The van der Waals surface area contributed by atoms with Crippen molar-refractivity contribution in [1.29, 1.82) is 0 Å². The van der Waals surface area contributed by atoms with Gasteiger partial charge in [-0.15, -0.1) is 16.4 Å². The SMILES string of the molecule is CCn1nnnc1CSC(C)CC(=O)NCc1cccs1. The number of aromatic nitrogens is 4. The van der Waals surface area contributed by atoms with E-state index >= 15 is 0 Å². The van der Waals surface area contributed by atoms with Crippen LogP contribution in [0.1, 0.15) is 31.0 Å². The molecule has 0 saturated carbocycles. The molecule has 0 aliphatic heterocycles. The number of nitrogens with one attached hydrogen (secondary N) is 1. The van der Waals surface area contributed by atoms with Gasteiger partial charge in [0, 0.05) is 23.1 Å². The summed E-state index contributed by atoms with van der Waals surface area (Å²) in [6, 6.07) is 4.01. The van der Waals surface area contributed by atoms with E-state index in [1.807, 2.05) is 24.4 Å². The van der Waals surface area contributed by atoms with Crippen molar-refractivity contribution < 1.29 is 4.79 Å². The molecule has 2 aromatic heterocycles. The predicted octanol–water partition coefficient (Wildman–Crippen LogP) is 2.08. The fraction of sp³-hybridized carbons (Fsp3) is 0.538. The number of amides is 1. The maximum absolute atomic E-state index is 11.9. The van der Waals surface area contributed by atoms with Crippen molar-refractivity contribution in [3.63, 3.8) is 0 Å². The van der Waals surface area contributed by atoms with Gasteiger partial charge in [-0.2, -0.15) is 11.8 Å². The van der Waals surface area contributed by atoms with E-state index in [-0.39, 0.29) is 11.2 Å². The first-order valence-electron chi connectivity index (χ1n) is 6.84. The molecule has 1 amide bonds. The van der Waals surface area contributed by atoms with E-state index in [2.05, 4.69) is 27.8 Å². The summed E-state index contributed by atoms with van der Waals surface area (Å²) in [5.74, 6) is 1.66. The van der Waals surface area contributed by atoms with Gasteiger partial charge < -0.3 is 5.32 Å². The number of hydrogen-bond acceptors (Lipinski definition) is 6. The maximum atomic E-state index is 11.9. The van der Waals surface area contributed by atoms with Crippen molar-refractivity contribution in [3.05, 3.63) is 28.2 Å². The third kappa shape index (κ3) is 5.13. The van der Waals surface area contributed by atoms with E-state index in [9.17, 15) is 4.79 Å². The second-order valence-electron chi connectivity index (χ2n) is 4.59. The zero-order chi connectivity index (χ0) is 15.1. The molecule has 114 valence electrons. The molecule has 2 heterocycles. The molecule has 0 aromatic carbocycles. The minimum atomic E-state index is 0.0819. The smallest absolute Gasteiger partial charge is 0.221 e. The summed E-state index contributed by atoms with van der Waals surface area (Å²) in [6.45, 7) is 5.43. The monoisotopic (exact) mass is 325 g/mol. The van der Waals surface area contributed by atoms with Crippen molar-refractivity contribution in [2.75, 3.05) is 0 Å². The van der Waals surface area contributed by atoms with Crippen LogP contribution >= 0.6 is 23.1 Å². The zero-order valence-electron chi connectivity index (χ0n) is 12.2. The number of rotatable bonds is 8. The number of hydrogen-bond donors (Lipinski definition) is 1. The zero-order valence-corrected chi connectivity index (χ0v) is 13.8. The third-order valence-electron chi connectivity index (χ3n) is 2.92. The Morgan fingerprint density at radius 1 is 1.57 bits per heavy atom. The third-order valence-corrected chi connectivity index (χ3v) is 4.95. The van der Waals surface area contributed by atoms with Gasteiger partial charge in [-0.05, 0) is 28.8 Å². The lowest BCUT2D eigenvalue weighted by atomic mass is 10.3. The highest BCUT2D eigenvalue weighted by Gasteiger charge is 2.12. The van der Waals surface area contributed by atoms with E-state index in [0.717, 1.165) is 18.1 Å². The number of nitrogens with zero attached hydrogens (tertiary/aromatic N) is 4. The Hall–Kier alpha value is -1.41. The molecule has 0 radical (unpaired) electrons. The molecule has 0 aliphatic carbocycles. The lowest BCUT2D eigenvalue weighted by molar-refractivity contribution is -0.121. The molecule has 0 spiro atoms. The maximum Gasteiger partial charge on any atom is 0.221 e. The first-order valence-corrected chi connectivity index (χ1v) is 8.77. The topological polar surface area (TPSA) is 72.7 Å². The van der Waals surface area contributed by atoms with E-state index in [1.54, 1.807) is 27.8 Å². The second-order valence-corrected chi connectivity index (χ2v) is 7.05. The molecule has 1 unspecified atom stereocenters. The van der Waals surface area contributed by atoms with Crippen LogP contribution in [0.15, 0.2) is 17.5 Å². The Morgan fingerprint density at radius 3 is 3.14 bits per heavy atom. The molecule has 0 fully saturated rings. The van der Waals surface area contributed by atoms with Crippen LogP contribution in [0, 0.1) is 0 Å². The van der Waals surface area contributed by atoms with Crippen LogP contribution in [0.5, 0.6) is 0 Å². The summed E-state index contributed by atoms with van der Waals surface area (Å²) < 4.78 is 1.77. The Balaban J connectivity index is 1.69. The summed E-state index contributed by atoms with van der Waals surface area (Å²) >= 11 is 3.35. The molecule has 0 saturated heterocycles. The largest absolute Gasteiger partial charge is 0.351 e. The van der Waals surface area contributed by atoms with Gasteiger partial charge in [0.05, 0.1) is 12.3 Å². The average molecular weight is 325 g/mol. The van der Waals surface area contributed by atoms with Crippen molar-refractivity contribution in [2.24, 2.45) is 0 Å². The van der Waals surface area contributed by atoms with E-state index < -0.39 is 0 Å². The quantitative estimate of drug-likeness (QED) is 0.804. The van der Waals surface area contributed by atoms with E-state index in [0.29, 0.717) is 13.0 Å². The summed E-state index contributed by atoms with van der Waals surface area (Å²) in [5, 5.41) is 16.7. The molecule has 0 bridgehead atoms. The number of carbonyl (C=O) groups is 1. The summed E-state index contributed by atoms with van der Waals surface area (Å²) in [5.41, 5.74) is 0. The fourth-order valence-electron chi connectivity index (χ4n) is 1.78. The lowest BCUT2D eigenvalue weighted by Gasteiger charge is -2.10. The van der Waals surface area contributed by atoms with Crippen molar-refractivity contribution in [3.8, 4) is 0 Å². The Morgan fingerprint density at radius 2 is 2.43 bits per heavy atom. The van der Waals surface area contributed by atoms with E-state index in [1.165, 1.54) is 4.88 Å². The number of carbonyl (C=O) groups excluding carboxylic acids is 1. The highest BCUT2D eigenvalue weighted by Crippen LogP contribution is 2.18. The summed E-state index contributed by atoms with van der Waals surface area (Å²) in [7, 11) is 0. The van der Waals surface area contributed by atoms with Crippen LogP contribution in [-0.4, -0.2) is 31.4 Å². The van der Waals surface area contributed by atoms with Gasteiger partial charge in [-0.3, -0.25) is 4.79 Å². The van der Waals surface area contributed by atoms with Crippen LogP contribution in [0.3, 0.4) is 0 Å². The van der Waals surface area contributed by atoms with Crippen molar-refractivity contribution in [2.45, 2.75) is 44.4 Å². The van der Waals surface area contributed by atoms with Crippen LogP contribution in [0.4, 0.5) is 0 Å². The normalized spacial score (nSPS) is 12.3. The molecule has 6 nitrogen and oxygen atoms in total. The number of thiophene rings is 1. The van der Waals surface area contributed by atoms with Crippen LogP contribution in [-0.2, 0) is 23.6 Å². The lowest BCUT2D eigenvalue weighted by Crippen LogP contribution is -2.24. The minimum Gasteiger partial charge on any atom is -0.351 e. The first kappa shape index (κ1) is 16.0. The van der Waals surface area contributed by atoms with Crippen molar-refractivity contribution >= 4 is 29.0 Å². The highest BCUT2D eigenvalue weighted by atomic mass is 32.2. The molecule has 1 atom stereocenters. The van der Waals surface area contributed by atoms with Gasteiger partial charge in [0.1, 0.15) is 0 Å². The fourth-order valence-corrected chi connectivity index (χ4v) is 3.33. The Labute approximate surface area is 132 Å². The first-order chi connectivity index (χ1) is 10.2. The van der Waals surface area contributed by atoms with Crippen LogP contribution in [0.2, 0.25) is 0 Å². The van der Waals surface area contributed by atoms with E-state index in [4.69, 9.17) is 0 Å². The highest BCUT2D eigenvalue weighted by molar-refractivity contribution is 7.99. The molecule has 2 aromatic rings. The predicted molar refractivity (Wildman–Crippen MR) is 85.0 cm³/mol. The Bertz CT molecular complexity index is 555. The van der Waals surface area contributed by atoms with Gasteiger partial charge in [0.25, 0.3) is 0 Å². The Kier molecular flexibility index (Phi) is 6.19. The number of thioether (sulfide) groups is 1. The molecular formula is C13H19N5OS2. The van der Waals surface area contributed by atoms with Gasteiger partial charge in [0.2, 0.25) is 5.91 Å². The summed E-state index contributed by atoms with van der Waals surface area (Å²) in [6.07, 6.45) is 0.504. The molecule has 0 aliphatic rings. The molecule has 21 heavy (non-hydrogen) atoms. The minimum absolute atomic E-state index is 0.0819. The number of aryl methyl sites for hydroxylation is 1. The second kappa shape index (κ2) is 8.14. The van der Waals surface area contributed by atoms with Gasteiger partial charge in [0.15, 0.2) is 5.82 Å². The van der Waals surface area contributed by atoms with Gasteiger partial charge in [-0.25, -0.2) is 4.68 Å². The standard InChI is InChI=1S/C13H19N5OS2/c1-3-18-12(15-16-17-18)9-21-10(2)7-13(19)14-8-11-5-4-6-20-11/h4-6,10H,3,7-9H2,1-2H3,(H,14,19). The average Bonchev–Trinajstić information content (AvgIpc) is 3.13. The van der Waals surface area contributed by atoms with Gasteiger partial charge in [-0.1, -0.05) is 13.0 Å². The molecular weight excluding hydrogens is 306 g/mol. The molecule has 1 N–H and O–H groups in total. The van der Waals surface area contributed by atoms with Crippen LogP contribution in [0.25, 0.3) is 0 Å². The van der Waals surface area contributed by atoms with Gasteiger partial charge >= 0.3 is 0 Å². The van der Waals surface area contributed by atoms with Crippen molar-refractivity contribution in [1.82, 2.24) is 25.5 Å². The van der Waals surface area contributed by atoms with Crippen LogP contribution < -0.4 is 5.32 Å². The summed E-state index contributed by atoms with van der Waals surface area (Å²) in [4.78, 5) is 13.0. The molecule has 8 heteroatoms. The number of tetrazole rings is 1.